The van der Waals surface area contributed by atoms with E-state index in [0.29, 0.717) is 5.02 Å². The summed E-state index contributed by atoms with van der Waals surface area (Å²) >= 11 is 9.28. The van der Waals surface area contributed by atoms with Gasteiger partial charge in [0.15, 0.2) is 0 Å². The molecule has 0 radical (unpaired) electrons. The first-order chi connectivity index (χ1) is 11.0. The summed E-state index contributed by atoms with van der Waals surface area (Å²) in [6.45, 7) is 2.22. The van der Waals surface area contributed by atoms with Crippen LogP contribution in [0.15, 0.2) is 46.9 Å². The number of hydrogen-bond donors (Lipinski definition) is 2. The van der Waals surface area contributed by atoms with Crippen LogP contribution in [0, 0.1) is 0 Å². The summed E-state index contributed by atoms with van der Waals surface area (Å²) in [5.41, 5.74) is 1.79. The molecule has 0 aromatic heterocycles. The molecule has 2 rings (SSSR count). The SMILES string of the molecule is COc1ccc([C@@H](C)NCC(=O)Nc2ccc(Cl)cc2)cc1Br. The maximum absolute atomic E-state index is 12.0. The fourth-order valence-electron chi connectivity index (χ4n) is 2.05. The minimum atomic E-state index is -0.105. The molecule has 1 amide bonds. The first-order valence-corrected chi connectivity index (χ1v) is 8.29. The van der Waals surface area contributed by atoms with E-state index in [1.54, 1.807) is 31.4 Å². The molecule has 0 aliphatic heterocycles. The number of anilines is 1. The van der Waals surface area contributed by atoms with E-state index in [0.717, 1.165) is 21.5 Å². The molecule has 2 aromatic rings. The number of hydrogen-bond acceptors (Lipinski definition) is 3. The van der Waals surface area contributed by atoms with Gasteiger partial charge in [-0.2, -0.15) is 0 Å². The van der Waals surface area contributed by atoms with Crippen molar-refractivity contribution in [3.05, 3.63) is 57.5 Å². The van der Waals surface area contributed by atoms with Crippen molar-refractivity contribution >= 4 is 39.1 Å². The van der Waals surface area contributed by atoms with Gasteiger partial charge < -0.3 is 15.4 Å². The van der Waals surface area contributed by atoms with Gasteiger partial charge in [0.2, 0.25) is 5.91 Å². The van der Waals surface area contributed by atoms with Crippen LogP contribution in [-0.4, -0.2) is 19.6 Å². The molecule has 4 nitrogen and oxygen atoms in total. The van der Waals surface area contributed by atoms with Gasteiger partial charge in [-0.05, 0) is 64.8 Å². The quantitative estimate of drug-likeness (QED) is 0.759. The molecule has 0 saturated heterocycles. The molecule has 6 heteroatoms. The lowest BCUT2D eigenvalue weighted by molar-refractivity contribution is -0.115. The lowest BCUT2D eigenvalue weighted by Gasteiger charge is -2.15. The highest BCUT2D eigenvalue weighted by molar-refractivity contribution is 9.10. The lowest BCUT2D eigenvalue weighted by atomic mass is 10.1. The van der Waals surface area contributed by atoms with Crippen LogP contribution in [0.1, 0.15) is 18.5 Å². The van der Waals surface area contributed by atoms with E-state index in [2.05, 4.69) is 26.6 Å². The zero-order valence-electron chi connectivity index (χ0n) is 12.9. The molecule has 0 heterocycles. The summed E-state index contributed by atoms with van der Waals surface area (Å²) < 4.78 is 6.10. The summed E-state index contributed by atoms with van der Waals surface area (Å²) in [5.74, 6) is 0.674. The van der Waals surface area contributed by atoms with Crippen molar-refractivity contribution in [3.8, 4) is 5.75 Å². The Morgan fingerprint density at radius 3 is 2.57 bits per heavy atom. The fourth-order valence-corrected chi connectivity index (χ4v) is 2.74. The summed E-state index contributed by atoms with van der Waals surface area (Å²) in [6, 6.07) is 12.9. The molecule has 0 bridgehead atoms. The fraction of sp³-hybridized carbons (Fsp3) is 0.235. The molecule has 23 heavy (non-hydrogen) atoms. The van der Waals surface area contributed by atoms with Gasteiger partial charge in [-0.1, -0.05) is 17.7 Å². The van der Waals surface area contributed by atoms with Crippen molar-refractivity contribution in [2.24, 2.45) is 0 Å². The molecule has 0 fully saturated rings. The molecule has 2 N–H and O–H groups in total. The highest BCUT2D eigenvalue weighted by Gasteiger charge is 2.10. The zero-order valence-corrected chi connectivity index (χ0v) is 15.2. The highest BCUT2D eigenvalue weighted by Crippen LogP contribution is 2.27. The van der Waals surface area contributed by atoms with E-state index < -0.39 is 0 Å². The second-order valence-corrected chi connectivity index (χ2v) is 6.34. The monoisotopic (exact) mass is 396 g/mol. The zero-order chi connectivity index (χ0) is 16.8. The van der Waals surface area contributed by atoms with Gasteiger partial charge in [-0.25, -0.2) is 0 Å². The van der Waals surface area contributed by atoms with Crippen LogP contribution < -0.4 is 15.4 Å². The number of halogens is 2. The average Bonchev–Trinajstić information content (AvgIpc) is 2.54. The van der Waals surface area contributed by atoms with Crippen molar-refractivity contribution in [2.45, 2.75) is 13.0 Å². The average molecular weight is 398 g/mol. The number of rotatable bonds is 6. The van der Waals surface area contributed by atoms with Crippen molar-refractivity contribution in [1.29, 1.82) is 0 Å². The van der Waals surface area contributed by atoms with Gasteiger partial charge >= 0.3 is 0 Å². The van der Waals surface area contributed by atoms with Gasteiger partial charge in [-0.15, -0.1) is 0 Å². The molecule has 0 spiro atoms. The van der Waals surface area contributed by atoms with Gasteiger partial charge in [0.05, 0.1) is 18.1 Å². The van der Waals surface area contributed by atoms with Crippen LogP contribution in [0.4, 0.5) is 5.69 Å². The molecule has 0 aliphatic carbocycles. The molecular formula is C17H18BrClN2O2. The number of nitrogens with one attached hydrogen (secondary N) is 2. The van der Waals surface area contributed by atoms with Gasteiger partial charge in [0, 0.05) is 16.8 Å². The van der Waals surface area contributed by atoms with Crippen molar-refractivity contribution in [2.75, 3.05) is 19.0 Å². The van der Waals surface area contributed by atoms with Crippen LogP contribution in [0.25, 0.3) is 0 Å². The normalized spacial score (nSPS) is 11.8. The highest BCUT2D eigenvalue weighted by atomic mass is 79.9. The Hall–Kier alpha value is -1.56. The number of methoxy groups -OCH3 is 1. The summed E-state index contributed by atoms with van der Waals surface area (Å²) in [7, 11) is 1.63. The van der Waals surface area contributed by atoms with Crippen LogP contribution in [0.2, 0.25) is 5.02 Å². The largest absolute Gasteiger partial charge is 0.496 e. The van der Waals surface area contributed by atoms with Crippen LogP contribution in [0.5, 0.6) is 5.75 Å². The van der Waals surface area contributed by atoms with Crippen molar-refractivity contribution in [3.63, 3.8) is 0 Å². The topological polar surface area (TPSA) is 50.4 Å². The molecule has 2 aromatic carbocycles. The molecular weight excluding hydrogens is 380 g/mol. The smallest absolute Gasteiger partial charge is 0.238 e. The minimum absolute atomic E-state index is 0.0353. The van der Waals surface area contributed by atoms with Crippen LogP contribution in [0.3, 0.4) is 0 Å². The van der Waals surface area contributed by atoms with E-state index >= 15 is 0 Å². The predicted molar refractivity (Wildman–Crippen MR) is 97.2 cm³/mol. The third-order valence-electron chi connectivity index (χ3n) is 3.37. The first kappa shape index (κ1) is 17.8. The molecule has 0 unspecified atom stereocenters. The Morgan fingerprint density at radius 1 is 1.26 bits per heavy atom. The summed E-state index contributed by atoms with van der Waals surface area (Å²) in [5, 5.41) is 6.65. The molecule has 1 atom stereocenters. The van der Waals surface area contributed by atoms with Crippen molar-refractivity contribution in [1.82, 2.24) is 5.32 Å². The van der Waals surface area contributed by atoms with E-state index in [1.165, 1.54) is 0 Å². The van der Waals surface area contributed by atoms with E-state index in [4.69, 9.17) is 16.3 Å². The first-order valence-electron chi connectivity index (χ1n) is 7.12. The van der Waals surface area contributed by atoms with E-state index in [1.807, 2.05) is 25.1 Å². The van der Waals surface area contributed by atoms with Crippen LogP contribution >= 0.6 is 27.5 Å². The number of ether oxygens (including phenoxy) is 1. The van der Waals surface area contributed by atoms with Crippen LogP contribution in [-0.2, 0) is 4.79 Å². The lowest BCUT2D eigenvalue weighted by Crippen LogP contribution is -2.30. The Kier molecular flexibility index (Phi) is 6.45. The molecule has 0 aliphatic rings. The Labute approximate surface area is 149 Å². The number of carbonyl (C=O) groups excluding carboxylic acids is 1. The summed E-state index contributed by atoms with van der Waals surface area (Å²) in [4.78, 5) is 12.0. The van der Waals surface area contributed by atoms with Gasteiger partial charge in [0.25, 0.3) is 0 Å². The van der Waals surface area contributed by atoms with Gasteiger partial charge in [-0.3, -0.25) is 4.79 Å². The number of carbonyl (C=O) groups is 1. The Balaban J connectivity index is 1.88. The Bertz CT molecular complexity index is 677. The molecule has 122 valence electrons. The number of amides is 1. The van der Waals surface area contributed by atoms with E-state index in [9.17, 15) is 4.79 Å². The second kappa shape index (κ2) is 8.34. The summed E-state index contributed by atoms with van der Waals surface area (Å²) in [6.07, 6.45) is 0. The van der Waals surface area contributed by atoms with E-state index in [-0.39, 0.29) is 18.5 Å². The third-order valence-corrected chi connectivity index (χ3v) is 4.24. The predicted octanol–water partition coefficient (Wildman–Crippen LogP) is 4.40. The number of benzene rings is 2. The molecule has 0 saturated carbocycles. The van der Waals surface area contributed by atoms with Gasteiger partial charge in [0.1, 0.15) is 5.75 Å². The third kappa shape index (κ3) is 5.23. The minimum Gasteiger partial charge on any atom is -0.496 e. The Morgan fingerprint density at radius 2 is 1.96 bits per heavy atom. The van der Waals surface area contributed by atoms with Crippen molar-refractivity contribution < 1.29 is 9.53 Å². The second-order valence-electron chi connectivity index (χ2n) is 5.05. The standard InChI is InChI=1S/C17H18BrClN2O2/c1-11(12-3-8-16(23-2)15(18)9-12)20-10-17(22)21-14-6-4-13(19)5-7-14/h3-9,11,20H,10H2,1-2H3,(H,21,22)/t11-/m1/s1. The maximum Gasteiger partial charge on any atom is 0.238 e. The maximum atomic E-state index is 12.0.